The zero-order valence-corrected chi connectivity index (χ0v) is 11.5. The Balaban J connectivity index is 4.03. The van der Waals surface area contributed by atoms with Gasteiger partial charge in [0.1, 0.15) is 0 Å². The van der Waals surface area contributed by atoms with E-state index in [-0.39, 0.29) is 12.2 Å². The van der Waals surface area contributed by atoms with Crippen LogP contribution >= 0.6 is 0 Å². The lowest BCUT2D eigenvalue weighted by atomic mass is 9.44. The number of hydrogen-bond acceptors (Lipinski definition) is 2. The van der Waals surface area contributed by atoms with E-state index >= 15 is 0 Å². The van der Waals surface area contributed by atoms with Gasteiger partial charge in [-0.3, -0.25) is 4.89 Å². The maximum atomic E-state index is 5.53. The quantitative estimate of drug-likeness (QED) is 0.377. The second kappa shape index (κ2) is 6.54. The van der Waals surface area contributed by atoms with E-state index < -0.39 is 0 Å². The normalized spacial score (nSPS) is 12.6. The molecule has 0 bridgehead atoms. The predicted molar refractivity (Wildman–Crippen MR) is 67.0 cm³/mol. The Labute approximate surface area is 95.8 Å². The Kier molecular flexibility index (Phi) is 6.54. The van der Waals surface area contributed by atoms with Crippen LogP contribution in [0.4, 0.5) is 0 Å². The molecule has 0 aliphatic carbocycles. The molecule has 2 nitrogen and oxygen atoms in total. The average molecular weight is 214 g/mol. The van der Waals surface area contributed by atoms with Crippen molar-refractivity contribution in [3.63, 3.8) is 0 Å². The maximum absolute atomic E-state index is 5.53. The van der Waals surface area contributed by atoms with Crippen LogP contribution in [0.2, 0.25) is 11.6 Å². The molecule has 3 heteroatoms. The first kappa shape index (κ1) is 15.0. The van der Waals surface area contributed by atoms with Gasteiger partial charge in [-0.2, -0.15) is 0 Å². The van der Waals surface area contributed by atoms with Crippen LogP contribution in [0, 0.1) is 11.8 Å². The monoisotopic (exact) mass is 214 g/mol. The summed E-state index contributed by atoms with van der Waals surface area (Å²) >= 11 is 0. The lowest BCUT2D eigenvalue weighted by Crippen LogP contribution is -2.31. The van der Waals surface area contributed by atoms with Crippen LogP contribution in [-0.2, 0) is 9.69 Å². The van der Waals surface area contributed by atoms with Crippen molar-refractivity contribution < 1.29 is 9.69 Å². The van der Waals surface area contributed by atoms with Gasteiger partial charge in [-0.25, -0.2) is 0 Å². The van der Waals surface area contributed by atoms with Gasteiger partial charge >= 0.3 is 6.92 Å². The Bertz CT molecular complexity index is 161. The van der Waals surface area contributed by atoms with Crippen molar-refractivity contribution in [3.8, 4) is 0 Å². The molecule has 0 atom stereocenters. The van der Waals surface area contributed by atoms with Gasteiger partial charge in [0.05, 0.1) is 6.61 Å². The minimum absolute atomic E-state index is 0.140. The summed E-state index contributed by atoms with van der Waals surface area (Å²) in [4.78, 5) is 10.8. The summed E-state index contributed by atoms with van der Waals surface area (Å²) in [5.74, 6) is 1.15. The molecule has 0 unspecified atom stereocenters. The van der Waals surface area contributed by atoms with Crippen molar-refractivity contribution in [1.29, 1.82) is 0 Å². The van der Waals surface area contributed by atoms with Crippen molar-refractivity contribution in [2.24, 2.45) is 11.8 Å². The van der Waals surface area contributed by atoms with Crippen molar-refractivity contribution in [2.45, 2.75) is 60.1 Å². The third-order valence-corrected chi connectivity index (χ3v) is 2.24. The minimum Gasteiger partial charge on any atom is -0.304 e. The van der Waals surface area contributed by atoms with Gasteiger partial charge in [0.15, 0.2) is 0 Å². The molecule has 0 amide bonds. The van der Waals surface area contributed by atoms with E-state index in [9.17, 15) is 0 Å². The summed E-state index contributed by atoms with van der Waals surface area (Å²) < 4.78 is 0. The summed E-state index contributed by atoms with van der Waals surface area (Å²) in [6.45, 7) is 16.1. The maximum Gasteiger partial charge on any atom is 0.345 e. The molecule has 0 aliphatic rings. The van der Waals surface area contributed by atoms with Crippen LogP contribution in [0.15, 0.2) is 0 Å². The average Bonchev–Trinajstić information content (AvgIpc) is 1.99. The first-order valence-corrected chi connectivity index (χ1v) is 6.01. The van der Waals surface area contributed by atoms with E-state index in [0.29, 0.717) is 18.4 Å². The van der Waals surface area contributed by atoms with Crippen LogP contribution in [0.1, 0.15) is 48.5 Å². The highest BCUT2D eigenvalue weighted by atomic mass is 17.2. The van der Waals surface area contributed by atoms with Crippen LogP contribution in [0.5, 0.6) is 0 Å². The molecule has 0 aliphatic heterocycles. The van der Waals surface area contributed by atoms with Gasteiger partial charge in [-0.15, -0.1) is 0 Å². The highest BCUT2D eigenvalue weighted by Crippen LogP contribution is 2.32. The minimum atomic E-state index is 0.140. The van der Waals surface area contributed by atoms with E-state index in [1.165, 1.54) is 0 Å². The molecule has 0 heterocycles. The van der Waals surface area contributed by atoms with Crippen molar-refractivity contribution in [2.75, 3.05) is 6.61 Å². The smallest absolute Gasteiger partial charge is 0.304 e. The van der Waals surface area contributed by atoms with Gasteiger partial charge in [-0.1, -0.05) is 54.4 Å². The van der Waals surface area contributed by atoms with E-state index in [0.717, 1.165) is 6.32 Å². The van der Waals surface area contributed by atoms with Gasteiger partial charge in [0, 0.05) is 0 Å². The molecule has 0 saturated carbocycles. The molecular weight excluding hydrogens is 187 g/mol. The summed E-state index contributed by atoms with van der Waals surface area (Å²) in [5, 5.41) is 0.140. The van der Waals surface area contributed by atoms with Crippen LogP contribution in [0.3, 0.4) is 0 Å². The fourth-order valence-corrected chi connectivity index (χ4v) is 1.22. The Morgan fingerprint density at radius 2 is 1.53 bits per heavy atom. The summed E-state index contributed by atoms with van der Waals surface area (Å²) in [7, 11) is 0. The fourth-order valence-electron chi connectivity index (χ4n) is 1.22. The Hall–Kier alpha value is -0.0151. The standard InChI is InChI=1S/C12H27BO2/c1-10(2)8-13(12(5,6)7)15-14-9-11(3)4/h10-11H,8-9H2,1-7H3. The molecule has 90 valence electrons. The molecule has 0 spiro atoms. The summed E-state index contributed by atoms with van der Waals surface area (Å²) in [6, 6.07) is 0. The molecular formula is C12H27BO2. The third-order valence-electron chi connectivity index (χ3n) is 2.24. The molecule has 0 aromatic carbocycles. The van der Waals surface area contributed by atoms with Crippen LogP contribution in [0.25, 0.3) is 0 Å². The highest BCUT2D eigenvalue weighted by Gasteiger charge is 2.33. The van der Waals surface area contributed by atoms with Gasteiger partial charge in [0.2, 0.25) is 0 Å². The fraction of sp³-hybridized carbons (Fsp3) is 1.00. The molecule has 15 heavy (non-hydrogen) atoms. The molecule has 0 fully saturated rings. The summed E-state index contributed by atoms with van der Waals surface area (Å²) in [6.07, 6.45) is 1.04. The molecule has 0 aromatic rings. The molecule has 0 saturated heterocycles. The van der Waals surface area contributed by atoms with Gasteiger partial charge in [0.25, 0.3) is 0 Å². The van der Waals surface area contributed by atoms with Gasteiger partial charge in [-0.05, 0) is 17.6 Å². The van der Waals surface area contributed by atoms with Crippen molar-refractivity contribution >= 4 is 6.92 Å². The van der Waals surface area contributed by atoms with E-state index in [1.807, 2.05) is 0 Å². The zero-order chi connectivity index (χ0) is 12.1. The first-order chi connectivity index (χ1) is 6.73. The highest BCUT2D eigenvalue weighted by molar-refractivity contribution is 6.55. The third kappa shape index (κ3) is 7.86. The molecule has 0 radical (unpaired) electrons. The molecule has 0 aromatic heterocycles. The molecule has 0 rings (SSSR count). The lowest BCUT2D eigenvalue weighted by molar-refractivity contribution is -0.223. The number of rotatable bonds is 6. The van der Waals surface area contributed by atoms with E-state index in [2.05, 4.69) is 48.5 Å². The lowest BCUT2D eigenvalue weighted by Gasteiger charge is -2.27. The number of hydrogen-bond donors (Lipinski definition) is 0. The Morgan fingerprint density at radius 3 is 1.87 bits per heavy atom. The topological polar surface area (TPSA) is 18.5 Å². The largest absolute Gasteiger partial charge is 0.345 e. The van der Waals surface area contributed by atoms with E-state index in [4.69, 9.17) is 9.69 Å². The Morgan fingerprint density at radius 1 is 1.00 bits per heavy atom. The molecule has 0 N–H and O–H groups in total. The first-order valence-electron chi connectivity index (χ1n) is 6.01. The zero-order valence-electron chi connectivity index (χ0n) is 11.5. The van der Waals surface area contributed by atoms with Crippen LogP contribution in [-0.4, -0.2) is 13.5 Å². The van der Waals surface area contributed by atoms with Crippen LogP contribution < -0.4 is 0 Å². The SMILES string of the molecule is CC(C)COOB(CC(C)C)C(C)(C)C. The predicted octanol–water partition coefficient (Wildman–Crippen LogP) is 4.04. The van der Waals surface area contributed by atoms with Crippen molar-refractivity contribution in [1.82, 2.24) is 0 Å². The van der Waals surface area contributed by atoms with E-state index in [1.54, 1.807) is 0 Å². The summed E-state index contributed by atoms with van der Waals surface area (Å²) in [5.41, 5.74) is 0. The second-order valence-corrected chi connectivity index (χ2v) is 6.26. The van der Waals surface area contributed by atoms with Crippen molar-refractivity contribution in [3.05, 3.63) is 0 Å². The van der Waals surface area contributed by atoms with Gasteiger partial charge < -0.3 is 4.81 Å². The second-order valence-electron chi connectivity index (χ2n) is 6.26.